The van der Waals surface area contributed by atoms with Crippen molar-refractivity contribution in [3.8, 4) is 0 Å². The van der Waals surface area contributed by atoms with Crippen molar-refractivity contribution in [2.24, 2.45) is 0 Å². The molecular formula is C14H22N4O3. The van der Waals surface area contributed by atoms with E-state index in [1.807, 2.05) is 0 Å². The molecule has 7 heteroatoms. The highest BCUT2D eigenvalue weighted by molar-refractivity contribution is 5.92. The van der Waals surface area contributed by atoms with Gasteiger partial charge in [-0.1, -0.05) is 0 Å². The first kappa shape index (κ1) is 15.5. The summed E-state index contributed by atoms with van der Waals surface area (Å²) in [6.45, 7) is 0.677. The molecule has 2 atom stereocenters. The first-order valence-corrected chi connectivity index (χ1v) is 7.21. The van der Waals surface area contributed by atoms with Crippen LogP contribution in [0.4, 0.5) is 0 Å². The second-order valence-electron chi connectivity index (χ2n) is 5.16. The molecular weight excluding hydrogens is 272 g/mol. The summed E-state index contributed by atoms with van der Waals surface area (Å²) in [6, 6.07) is 1.58. The maximum absolute atomic E-state index is 12.5. The molecule has 7 nitrogen and oxygen atoms in total. The molecule has 1 aromatic rings. The molecule has 2 N–H and O–H groups in total. The van der Waals surface area contributed by atoms with E-state index in [0.717, 1.165) is 12.8 Å². The number of nitrogens with one attached hydrogen (secondary N) is 2. The number of aromatic nitrogens is 2. The number of hydrogen-bond acceptors (Lipinski definition) is 4. The highest BCUT2D eigenvalue weighted by atomic mass is 16.5. The molecule has 0 spiro atoms. The van der Waals surface area contributed by atoms with Gasteiger partial charge < -0.3 is 15.0 Å². The molecule has 1 aromatic heterocycles. The summed E-state index contributed by atoms with van der Waals surface area (Å²) < 4.78 is 5.52. The van der Waals surface area contributed by atoms with Crippen molar-refractivity contribution in [3.05, 3.63) is 18.0 Å². The van der Waals surface area contributed by atoms with Gasteiger partial charge in [0.05, 0.1) is 12.1 Å². The molecule has 2 rings (SSSR count). The molecule has 1 fully saturated rings. The van der Waals surface area contributed by atoms with Crippen molar-refractivity contribution in [1.82, 2.24) is 20.4 Å². The third-order valence-corrected chi connectivity index (χ3v) is 3.96. The van der Waals surface area contributed by atoms with Crippen LogP contribution in [0.3, 0.4) is 0 Å². The molecule has 0 aromatic carbocycles. The molecule has 21 heavy (non-hydrogen) atoms. The minimum atomic E-state index is -0.0869. The van der Waals surface area contributed by atoms with Crippen LogP contribution >= 0.6 is 0 Å². The minimum absolute atomic E-state index is 0.0237. The Morgan fingerprint density at radius 2 is 2.38 bits per heavy atom. The van der Waals surface area contributed by atoms with Gasteiger partial charge in [-0.25, -0.2) is 0 Å². The molecule has 0 radical (unpaired) electrons. The van der Waals surface area contributed by atoms with Crippen LogP contribution in [0.15, 0.2) is 12.3 Å². The number of hydrogen-bond donors (Lipinski definition) is 2. The van der Waals surface area contributed by atoms with Gasteiger partial charge >= 0.3 is 0 Å². The zero-order valence-electron chi connectivity index (χ0n) is 12.5. The Kier molecular flexibility index (Phi) is 5.32. The average Bonchev–Trinajstić information content (AvgIpc) is 3.05. The molecule has 2 heterocycles. The van der Waals surface area contributed by atoms with Crippen LogP contribution in [-0.2, 0) is 9.53 Å². The van der Waals surface area contributed by atoms with Crippen molar-refractivity contribution in [3.63, 3.8) is 0 Å². The SMILES string of the molecule is CNC(=O)CC[C@H]1[C@@H](OC)CCCN1C(=O)c1ccn[nH]1. The Hall–Kier alpha value is -1.89. The Balaban J connectivity index is 2.11. The fraction of sp³-hybridized carbons (Fsp3) is 0.643. The maximum atomic E-state index is 12.5. The molecule has 1 aliphatic rings. The summed E-state index contributed by atoms with van der Waals surface area (Å²) in [5, 5.41) is 9.13. The smallest absolute Gasteiger partial charge is 0.272 e. The maximum Gasteiger partial charge on any atom is 0.272 e. The minimum Gasteiger partial charge on any atom is -0.379 e. The second-order valence-corrected chi connectivity index (χ2v) is 5.16. The standard InChI is InChI=1S/C14H22N4O3/c1-15-13(19)6-5-11-12(21-2)4-3-9-18(11)14(20)10-7-8-16-17-10/h7-8,11-12H,3-6,9H2,1-2H3,(H,15,19)(H,16,17)/t11-,12-/m0/s1. The third kappa shape index (κ3) is 3.60. The van der Waals surface area contributed by atoms with E-state index in [1.54, 1.807) is 31.3 Å². The summed E-state index contributed by atoms with van der Waals surface area (Å²) >= 11 is 0. The summed E-state index contributed by atoms with van der Waals surface area (Å²) in [5.74, 6) is -0.111. The number of nitrogens with zero attached hydrogens (tertiary/aromatic N) is 2. The van der Waals surface area contributed by atoms with Crippen LogP contribution in [0.25, 0.3) is 0 Å². The van der Waals surface area contributed by atoms with E-state index in [0.29, 0.717) is 25.1 Å². The topological polar surface area (TPSA) is 87.3 Å². The summed E-state index contributed by atoms with van der Waals surface area (Å²) in [4.78, 5) is 25.8. The van der Waals surface area contributed by atoms with Gasteiger partial charge in [0.1, 0.15) is 5.69 Å². The van der Waals surface area contributed by atoms with Crippen molar-refractivity contribution in [2.45, 2.75) is 37.8 Å². The summed E-state index contributed by atoms with van der Waals surface area (Å²) in [5.41, 5.74) is 0.469. The van der Waals surface area contributed by atoms with Crippen LogP contribution in [0, 0.1) is 0 Å². The first-order valence-electron chi connectivity index (χ1n) is 7.21. The zero-order valence-corrected chi connectivity index (χ0v) is 12.5. The number of methoxy groups -OCH3 is 1. The Labute approximate surface area is 124 Å². The number of amides is 2. The average molecular weight is 294 g/mol. The van der Waals surface area contributed by atoms with E-state index in [9.17, 15) is 9.59 Å². The van der Waals surface area contributed by atoms with Crippen LogP contribution in [0.5, 0.6) is 0 Å². The lowest BCUT2D eigenvalue weighted by Gasteiger charge is -2.40. The van der Waals surface area contributed by atoms with Gasteiger partial charge in [-0.15, -0.1) is 0 Å². The predicted molar refractivity (Wildman–Crippen MR) is 76.7 cm³/mol. The lowest BCUT2D eigenvalue weighted by atomic mass is 9.94. The number of H-pyrrole nitrogens is 1. The van der Waals surface area contributed by atoms with E-state index in [-0.39, 0.29) is 24.0 Å². The molecule has 0 aliphatic carbocycles. The molecule has 2 amide bonds. The van der Waals surface area contributed by atoms with Gasteiger partial charge in [0.15, 0.2) is 0 Å². The van der Waals surface area contributed by atoms with E-state index in [4.69, 9.17) is 4.74 Å². The van der Waals surface area contributed by atoms with E-state index in [2.05, 4.69) is 15.5 Å². The summed E-state index contributed by atoms with van der Waals surface area (Å²) in [7, 11) is 3.27. The molecule has 1 aliphatic heterocycles. The molecule has 0 unspecified atom stereocenters. The highest BCUT2D eigenvalue weighted by Gasteiger charge is 2.35. The van der Waals surface area contributed by atoms with Crippen LogP contribution in [-0.4, -0.2) is 59.8 Å². The number of likely N-dealkylation sites (tertiary alicyclic amines) is 1. The van der Waals surface area contributed by atoms with Gasteiger partial charge in [0.2, 0.25) is 5.91 Å². The third-order valence-electron chi connectivity index (χ3n) is 3.96. The lowest BCUT2D eigenvalue weighted by Crippen LogP contribution is -2.52. The van der Waals surface area contributed by atoms with Crippen molar-refractivity contribution in [1.29, 1.82) is 0 Å². The number of rotatable bonds is 5. The van der Waals surface area contributed by atoms with Gasteiger partial charge in [0, 0.05) is 33.3 Å². The molecule has 0 bridgehead atoms. The van der Waals surface area contributed by atoms with E-state index >= 15 is 0 Å². The lowest BCUT2D eigenvalue weighted by molar-refractivity contribution is -0.121. The Morgan fingerprint density at radius 1 is 1.57 bits per heavy atom. The number of ether oxygens (including phenoxy) is 1. The van der Waals surface area contributed by atoms with Gasteiger partial charge in [-0.2, -0.15) is 5.10 Å². The second kappa shape index (κ2) is 7.21. The van der Waals surface area contributed by atoms with Crippen LogP contribution in [0.2, 0.25) is 0 Å². The normalized spacial score (nSPS) is 22.1. The van der Waals surface area contributed by atoms with Crippen LogP contribution in [0.1, 0.15) is 36.2 Å². The van der Waals surface area contributed by atoms with E-state index in [1.165, 1.54) is 0 Å². The monoisotopic (exact) mass is 294 g/mol. The predicted octanol–water partition coefficient (Wildman–Crippen LogP) is 0.555. The number of carbonyl (C=O) groups is 2. The van der Waals surface area contributed by atoms with E-state index < -0.39 is 0 Å². The van der Waals surface area contributed by atoms with Crippen molar-refractivity contribution >= 4 is 11.8 Å². The number of aromatic amines is 1. The number of carbonyl (C=O) groups excluding carboxylic acids is 2. The molecule has 0 saturated carbocycles. The number of piperidine rings is 1. The van der Waals surface area contributed by atoms with Crippen molar-refractivity contribution in [2.75, 3.05) is 20.7 Å². The first-order chi connectivity index (χ1) is 10.2. The quantitative estimate of drug-likeness (QED) is 0.830. The van der Waals surface area contributed by atoms with Gasteiger partial charge in [0.25, 0.3) is 5.91 Å². The van der Waals surface area contributed by atoms with Crippen molar-refractivity contribution < 1.29 is 14.3 Å². The fourth-order valence-electron chi connectivity index (χ4n) is 2.82. The largest absolute Gasteiger partial charge is 0.379 e. The van der Waals surface area contributed by atoms with Crippen LogP contribution < -0.4 is 5.32 Å². The fourth-order valence-corrected chi connectivity index (χ4v) is 2.82. The zero-order chi connectivity index (χ0) is 15.2. The molecule has 1 saturated heterocycles. The Morgan fingerprint density at radius 3 is 3.00 bits per heavy atom. The highest BCUT2D eigenvalue weighted by Crippen LogP contribution is 2.25. The van der Waals surface area contributed by atoms with Gasteiger partial charge in [-0.05, 0) is 25.3 Å². The van der Waals surface area contributed by atoms with Gasteiger partial charge in [-0.3, -0.25) is 14.7 Å². The summed E-state index contributed by atoms with van der Waals surface area (Å²) in [6.07, 6.45) is 4.31. The molecule has 116 valence electrons. The Bertz CT molecular complexity index is 475.